The van der Waals surface area contributed by atoms with Crippen LogP contribution in [0.2, 0.25) is 0 Å². The summed E-state index contributed by atoms with van der Waals surface area (Å²) in [4.78, 5) is 15.4. The van der Waals surface area contributed by atoms with Gasteiger partial charge in [-0.05, 0) is 70.2 Å². The number of fused-ring (bicyclic) bond motifs is 2. The third-order valence-corrected chi connectivity index (χ3v) is 7.61. The number of aliphatic hydroxyl groups excluding tert-OH is 1. The Morgan fingerprint density at radius 2 is 2.10 bits per heavy atom. The summed E-state index contributed by atoms with van der Waals surface area (Å²) >= 11 is 0. The smallest absolute Gasteiger partial charge is 0.224 e. The molecular formula is C24H33N3O2. The second-order valence-electron chi connectivity index (χ2n) is 9.76. The fourth-order valence-electron chi connectivity index (χ4n) is 6.10. The minimum atomic E-state index is -0.380. The summed E-state index contributed by atoms with van der Waals surface area (Å²) in [6.45, 7) is 5.28. The molecule has 2 unspecified atom stereocenters. The Balaban J connectivity index is 1.45. The van der Waals surface area contributed by atoms with Crippen molar-refractivity contribution in [2.45, 2.75) is 76.1 Å². The van der Waals surface area contributed by atoms with Crippen LogP contribution in [0.15, 0.2) is 24.4 Å². The summed E-state index contributed by atoms with van der Waals surface area (Å²) in [6, 6.07) is 7.53. The normalized spacial score (nSPS) is 32.0. The van der Waals surface area contributed by atoms with E-state index < -0.39 is 0 Å². The fourth-order valence-corrected chi connectivity index (χ4v) is 6.10. The monoisotopic (exact) mass is 395 g/mol. The Morgan fingerprint density at radius 3 is 2.83 bits per heavy atom. The molecule has 2 aliphatic carbocycles. The minimum absolute atomic E-state index is 0.0157. The lowest BCUT2D eigenvalue weighted by Crippen LogP contribution is -2.53. The van der Waals surface area contributed by atoms with Crippen LogP contribution in [0.1, 0.15) is 62.6 Å². The molecule has 1 aromatic heterocycles. The number of nitrogens with one attached hydrogen (secondary N) is 1. The second-order valence-corrected chi connectivity index (χ2v) is 9.76. The van der Waals surface area contributed by atoms with E-state index >= 15 is 0 Å². The van der Waals surface area contributed by atoms with Crippen LogP contribution in [-0.4, -0.2) is 52.3 Å². The standard InChI is InChI=1S/C24H33N3O2/c1-14(2)27-13-15-11-21-18(17-6-4-8-20(27)23(15)17)10-16(12-26(21)3)24(29)25-19-7-5-9-22(19)28/h4,6,8,13-14,16,18-19,21-22,28H,5,7,9-12H2,1-3H3,(H,25,29)/t16?,18?,19-,21+,22-/m0/s1. The van der Waals surface area contributed by atoms with Crippen molar-refractivity contribution in [2.75, 3.05) is 13.6 Å². The van der Waals surface area contributed by atoms with E-state index in [1.54, 1.807) is 0 Å². The SMILES string of the molecule is CC(C)n1cc2c3c(cccc31)C1CC(C(=O)N[C@H]3CCC[C@@H]3O)CN(C)[C@@H]1C2. The number of aliphatic hydroxyl groups is 1. The van der Waals surface area contributed by atoms with Crippen molar-refractivity contribution in [2.24, 2.45) is 5.92 Å². The summed E-state index contributed by atoms with van der Waals surface area (Å²) in [5, 5.41) is 14.7. The first kappa shape index (κ1) is 19.1. The molecule has 2 heterocycles. The highest BCUT2D eigenvalue weighted by atomic mass is 16.3. The van der Waals surface area contributed by atoms with E-state index in [4.69, 9.17) is 0 Å². The first-order valence-electron chi connectivity index (χ1n) is 11.2. The van der Waals surface area contributed by atoms with Gasteiger partial charge in [0.15, 0.2) is 0 Å². The molecule has 1 saturated heterocycles. The maximum atomic E-state index is 13.0. The zero-order valence-corrected chi connectivity index (χ0v) is 17.8. The third kappa shape index (κ3) is 3.10. The molecule has 5 rings (SSSR count). The van der Waals surface area contributed by atoms with E-state index in [0.29, 0.717) is 18.0 Å². The van der Waals surface area contributed by atoms with Crippen molar-refractivity contribution < 1.29 is 9.90 Å². The zero-order chi connectivity index (χ0) is 20.3. The molecule has 3 aliphatic rings. The van der Waals surface area contributed by atoms with Crippen molar-refractivity contribution in [3.63, 3.8) is 0 Å². The van der Waals surface area contributed by atoms with Gasteiger partial charge in [-0.15, -0.1) is 0 Å². The van der Waals surface area contributed by atoms with Gasteiger partial charge >= 0.3 is 0 Å². The van der Waals surface area contributed by atoms with Crippen molar-refractivity contribution in [1.82, 2.24) is 14.8 Å². The summed E-state index contributed by atoms with van der Waals surface area (Å²) in [5.41, 5.74) is 4.20. The Hall–Kier alpha value is -1.85. The molecule has 5 heteroatoms. The molecule has 0 bridgehead atoms. The lowest BCUT2D eigenvalue weighted by atomic mass is 9.72. The second kappa shape index (κ2) is 7.13. The maximum Gasteiger partial charge on any atom is 0.224 e. The topological polar surface area (TPSA) is 57.5 Å². The number of rotatable bonds is 3. The van der Waals surface area contributed by atoms with Crippen molar-refractivity contribution in [3.8, 4) is 0 Å². The highest BCUT2D eigenvalue weighted by molar-refractivity contribution is 5.89. The maximum absolute atomic E-state index is 13.0. The number of piperidine rings is 1. The first-order valence-corrected chi connectivity index (χ1v) is 11.2. The van der Waals surface area contributed by atoms with E-state index in [1.807, 2.05) is 0 Å². The molecule has 1 saturated carbocycles. The Bertz CT molecular complexity index is 934. The molecule has 5 atom stereocenters. The lowest BCUT2D eigenvalue weighted by molar-refractivity contribution is -0.128. The quantitative estimate of drug-likeness (QED) is 0.839. The summed E-state index contributed by atoms with van der Waals surface area (Å²) in [6.07, 6.45) is 6.63. The van der Waals surface area contributed by atoms with Gasteiger partial charge in [0.25, 0.3) is 0 Å². The van der Waals surface area contributed by atoms with Gasteiger partial charge in [-0.25, -0.2) is 0 Å². The molecule has 156 valence electrons. The van der Waals surface area contributed by atoms with Gasteiger partial charge in [0, 0.05) is 41.6 Å². The molecular weight excluding hydrogens is 362 g/mol. The third-order valence-electron chi connectivity index (χ3n) is 7.61. The van der Waals surface area contributed by atoms with Gasteiger partial charge < -0.3 is 19.9 Å². The van der Waals surface area contributed by atoms with Crippen LogP contribution in [0, 0.1) is 5.92 Å². The molecule has 29 heavy (non-hydrogen) atoms. The van der Waals surface area contributed by atoms with Gasteiger partial charge in [-0.2, -0.15) is 0 Å². The molecule has 5 nitrogen and oxygen atoms in total. The first-order chi connectivity index (χ1) is 13.9. The van der Waals surface area contributed by atoms with Crippen molar-refractivity contribution >= 4 is 16.8 Å². The number of hydrogen-bond acceptors (Lipinski definition) is 3. The number of carbonyl (C=O) groups is 1. The average molecular weight is 396 g/mol. The van der Waals surface area contributed by atoms with Gasteiger partial charge in [0.1, 0.15) is 0 Å². The highest BCUT2D eigenvalue weighted by Gasteiger charge is 2.42. The highest BCUT2D eigenvalue weighted by Crippen LogP contribution is 2.45. The Kier molecular flexibility index (Phi) is 4.71. The predicted molar refractivity (Wildman–Crippen MR) is 115 cm³/mol. The Labute approximate surface area is 173 Å². The minimum Gasteiger partial charge on any atom is -0.391 e. The molecule has 2 fully saturated rings. The number of carbonyl (C=O) groups excluding carboxylic acids is 1. The number of nitrogens with zero attached hydrogens (tertiary/aromatic N) is 2. The van der Waals surface area contributed by atoms with Crippen LogP contribution in [0.25, 0.3) is 10.9 Å². The van der Waals surface area contributed by atoms with Gasteiger partial charge in [0.2, 0.25) is 5.91 Å². The number of likely N-dealkylation sites (tertiary alicyclic amines) is 1. The molecule has 2 N–H and O–H groups in total. The lowest BCUT2D eigenvalue weighted by Gasteiger charge is -2.45. The summed E-state index contributed by atoms with van der Waals surface area (Å²) in [5.74, 6) is 0.495. The van der Waals surface area contributed by atoms with E-state index in [-0.39, 0.29) is 24.0 Å². The number of benzene rings is 1. The molecule has 2 aromatic rings. The zero-order valence-electron chi connectivity index (χ0n) is 17.8. The predicted octanol–water partition coefficient (Wildman–Crippen LogP) is 3.21. The molecule has 1 aliphatic heterocycles. The van der Waals surface area contributed by atoms with Gasteiger partial charge in [-0.1, -0.05) is 12.1 Å². The molecule has 0 radical (unpaired) electrons. The van der Waals surface area contributed by atoms with Crippen molar-refractivity contribution in [3.05, 3.63) is 35.5 Å². The van der Waals surface area contributed by atoms with Gasteiger partial charge in [-0.3, -0.25) is 4.79 Å². The van der Waals surface area contributed by atoms with Crippen LogP contribution in [0.4, 0.5) is 0 Å². The average Bonchev–Trinajstić information content (AvgIpc) is 3.27. The van der Waals surface area contributed by atoms with Crippen molar-refractivity contribution in [1.29, 1.82) is 0 Å². The number of amides is 1. The van der Waals surface area contributed by atoms with E-state index in [2.05, 4.69) is 60.1 Å². The van der Waals surface area contributed by atoms with Crippen LogP contribution >= 0.6 is 0 Å². The van der Waals surface area contributed by atoms with Crippen LogP contribution < -0.4 is 5.32 Å². The number of hydrogen-bond donors (Lipinski definition) is 2. The van der Waals surface area contributed by atoms with E-state index in [1.165, 1.54) is 22.0 Å². The molecule has 1 aromatic carbocycles. The fraction of sp³-hybridized carbons (Fsp3) is 0.625. The van der Waals surface area contributed by atoms with E-state index in [0.717, 1.165) is 38.6 Å². The Morgan fingerprint density at radius 1 is 1.28 bits per heavy atom. The number of likely N-dealkylation sites (N-methyl/N-ethyl adjacent to an activating group) is 1. The molecule has 0 spiro atoms. The largest absolute Gasteiger partial charge is 0.391 e. The number of aromatic nitrogens is 1. The van der Waals surface area contributed by atoms with Crippen LogP contribution in [0.5, 0.6) is 0 Å². The van der Waals surface area contributed by atoms with Gasteiger partial charge in [0.05, 0.1) is 18.1 Å². The summed E-state index contributed by atoms with van der Waals surface area (Å²) < 4.78 is 2.40. The van der Waals surface area contributed by atoms with Crippen LogP contribution in [0.3, 0.4) is 0 Å². The molecule has 1 amide bonds. The van der Waals surface area contributed by atoms with Crippen LogP contribution in [-0.2, 0) is 11.2 Å². The van der Waals surface area contributed by atoms with E-state index in [9.17, 15) is 9.90 Å². The summed E-state index contributed by atoms with van der Waals surface area (Å²) in [7, 11) is 2.17.